The summed E-state index contributed by atoms with van der Waals surface area (Å²) < 4.78 is 5.01. The van der Waals surface area contributed by atoms with Gasteiger partial charge in [-0.3, -0.25) is 9.78 Å². The minimum Gasteiger partial charge on any atom is -0.339 e. The lowest BCUT2D eigenvalue weighted by atomic mass is 10.2. The Labute approximate surface area is 98.9 Å². The minimum absolute atomic E-state index is 0.101. The van der Waals surface area contributed by atoms with Gasteiger partial charge in [0.1, 0.15) is 5.78 Å². The Morgan fingerprint density at radius 2 is 2.12 bits per heavy atom. The molecule has 0 aliphatic heterocycles. The zero-order valence-corrected chi connectivity index (χ0v) is 9.59. The van der Waals surface area contributed by atoms with Crippen molar-refractivity contribution in [3.05, 3.63) is 41.8 Å². The van der Waals surface area contributed by atoms with Gasteiger partial charge in [-0.05, 0) is 17.7 Å². The molecule has 0 fully saturated rings. The van der Waals surface area contributed by atoms with E-state index in [4.69, 9.17) is 4.52 Å². The van der Waals surface area contributed by atoms with E-state index in [1.54, 1.807) is 12.4 Å². The van der Waals surface area contributed by atoms with Crippen LogP contribution >= 0.6 is 0 Å². The van der Waals surface area contributed by atoms with E-state index in [-0.39, 0.29) is 12.2 Å². The van der Waals surface area contributed by atoms with Crippen LogP contribution < -0.4 is 0 Å². The van der Waals surface area contributed by atoms with Crippen LogP contribution in [0.4, 0.5) is 0 Å². The molecule has 0 saturated heterocycles. The van der Waals surface area contributed by atoms with Gasteiger partial charge < -0.3 is 4.52 Å². The Hall–Kier alpha value is -2.04. The first-order valence-corrected chi connectivity index (χ1v) is 5.50. The van der Waals surface area contributed by atoms with Crippen molar-refractivity contribution in [1.29, 1.82) is 0 Å². The fourth-order valence-corrected chi connectivity index (χ4v) is 1.41. The van der Waals surface area contributed by atoms with Gasteiger partial charge in [0.25, 0.3) is 0 Å². The van der Waals surface area contributed by atoms with Gasteiger partial charge in [0.2, 0.25) is 5.89 Å². The summed E-state index contributed by atoms with van der Waals surface area (Å²) >= 11 is 0. The van der Waals surface area contributed by atoms with E-state index >= 15 is 0 Å². The number of Topliss-reactive ketones (excluding diaryl/α,β-unsaturated/α-hetero) is 1. The number of hydrogen-bond acceptors (Lipinski definition) is 5. The lowest BCUT2D eigenvalue weighted by Crippen LogP contribution is -2.00. The maximum atomic E-state index is 11.2. The first-order chi connectivity index (χ1) is 8.28. The van der Waals surface area contributed by atoms with Crippen molar-refractivity contribution in [2.45, 2.75) is 26.2 Å². The third-order valence-corrected chi connectivity index (χ3v) is 2.36. The van der Waals surface area contributed by atoms with E-state index in [1.165, 1.54) is 0 Å². The highest BCUT2D eigenvalue weighted by molar-refractivity contribution is 5.79. The molecule has 0 aliphatic rings. The van der Waals surface area contributed by atoms with Gasteiger partial charge in [0, 0.05) is 25.2 Å². The van der Waals surface area contributed by atoms with E-state index in [0.29, 0.717) is 24.6 Å². The Morgan fingerprint density at radius 1 is 1.35 bits per heavy atom. The molecular formula is C12H13N3O2. The van der Waals surface area contributed by atoms with Crippen LogP contribution in [0.5, 0.6) is 0 Å². The molecule has 17 heavy (non-hydrogen) atoms. The molecule has 88 valence electrons. The number of aromatic nitrogens is 3. The first-order valence-electron chi connectivity index (χ1n) is 5.50. The van der Waals surface area contributed by atoms with E-state index in [2.05, 4.69) is 15.1 Å². The van der Waals surface area contributed by atoms with Gasteiger partial charge in [-0.25, -0.2) is 0 Å². The Balaban J connectivity index is 2.01. The Bertz CT molecular complexity index is 493. The normalized spacial score (nSPS) is 10.4. The van der Waals surface area contributed by atoms with Gasteiger partial charge >= 0.3 is 0 Å². The van der Waals surface area contributed by atoms with Gasteiger partial charge in [-0.2, -0.15) is 4.98 Å². The molecule has 5 heteroatoms. The molecule has 2 aromatic rings. The summed E-state index contributed by atoms with van der Waals surface area (Å²) in [6, 6.07) is 3.79. The van der Waals surface area contributed by atoms with Gasteiger partial charge in [-0.1, -0.05) is 12.1 Å². The van der Waals surface area contributed by atoms with Crippen LogP contribution in [-0.4, -0.2) is 20.9 Å². The summed E-state index contributed by atoms with van der Waals surface area (Å²) in [5.41, 5.74) is 1.06. The van der Waals surface area contributed by atoms with Crippen molar-refractivity contribution in [3.8, 4) is 0 Å². The van der Waals surface area contributed by atoms with Crippen LogP contribution in [0.3, 0.4) is 0 Å². The predicted octanol–water partition coefficient (Wildman–Crippen LogP) is 1.58. The lowest BCUT2D eigenvalue weighted by Gasteiger charge is -1.93. The fourth-order valence-electron chi connectivity index (χ4n) is 1.41. The average molecular weight is 231 g/mol. The molecule has 2 rings (SSSR count). The Kier molecular flexibility index (Phi) is 3.59. The zero-order valence-electron chi connectivity index (χ0n) is 9.59. The molecule has 0 N–H and O–H groups in total. The minimum atomic E-state index is 0.101. The molecule has 0 radical (unpaired) electrons. The Morgan fingerprint density at radius 3 is 2.82 bits per heavy atom. The summed E-state index contributed by atoms with van der Waals surface area (Å²) in [6.07, 6.45) is 4.74. The van der Waals surface area contributed by atoms with Crippen molar-refractivity contribution < 1.29 is 9.32 Å². The highest BCUT2D eigenvalue weighted by atomic mass is 16.5. The number of pyridine rings is 1. The molecule has 0 atom stereocenters. The topological polar surface area (TPSA) is 68.9 Å². The lowest BCUT2D eigenvalue weighted by molar-refractivity contribution is -0.118. The molecule has 0 amide bonds. The molecule has 2 heterocycles. The van der Waals surface area contributed by atoms with Gasteiger partial charge in [-0.15, -0.1) is 0 Å². The summed E-state index contributed by atoms with van der Waals surface area (Å²) in [4.78, 5) is 19.3. The maximum absolute atomic E-state index is 11.2. The smallest absolute Gasteiger partial charge is 0.234 e. The van der Waals surface area contributed by atoms with Crippen LogP contribution in [0.2, 0.25) is 0 Å². The molecule has 0 bridgehead atoms. The number of rotatable bonds is 5. The monoisotopic (exact) mass is 231 g/mol. The molecule has 2 aromatic heterocycles. The molecular weight excluding hydrogens is 218 g/mol. The summed E-state index contributed by atoms with van der Waals surface area (Å²) in [6.45, 7) is 1.82. The number of carbonyl (C=O) groups excluding carboxylic acids is 1. The molecule has 0 spiro atoms. The van der Waals surface area contributed by atoms with Crippen molar-refractivity contribution in [2.75, 3.05) is 0 Å². The van der Waals surface area contributed by atoms with E-state index in [0.717, 1.165) is 5.56 Å². The molecule has 0 aromatic carbocycles. The highest BCUT2D eigenvalue weighted by Gasteiger charge is 2.10. The van der Waals surface area contributed by atoms with Gasteiger partial charge in [0.15, 0.2) is 5.82 Å². The van der Waals surface area contributed by atoms with E-state index in [1.807, 2.05) is 19.1 Å². The van der Waals surface area contributed by atoms with Crippen molar-refractivity contribution in [1.82, 2.24) is 15.1 Å². The van der Waals surface area contributed by atoms with E-state index < -0.39 is 0 Å². The van der Waals surface area contributed by atoms with Gasteiger partial charge in [0.05, 0.1) is 6.42 Å². The second-order valence-electron chi connectivity index (χ2n) is 3.71. The van der Waals surface area contributed by atoms with Crippen molar-refractivity contribution >= 4 is 5.78 Å². The zero-order chi connectivity index (χ0) is 12.1. The highest BCUT2D eigenvalue weighted by Crippen LogP contribution is 2.06. The first kappa shape index (κ1) is 11.4. The molecule has 5 nitrogen and oxygen atoms in total. The standard InChI is InChI=1S/C12H13N3O2/c1-2-10(16)8-12-14-11(15-17-12)7-9-3-5-13-6-4-9/h3-6H,2,7-8H2,1H3. The van der Waals surface area contributed by atoms with E-state index in [9.17, 15) is 4.79 Å². The quantitative estimate of drug-likeness (QED) is 0.781. The number of ketones is 1. The summed E-state index contributed by atoms with van der Waals surface area (Å²) in [7, 11) is 0. The predicted molar refractivity (Wildman–Crippen MR) is 60.3 cm³/mol. The number of carbonyl (C=O) groups is 1. The summed E-state index contributed by atoms with van der Waals surface area (Å²) in [5.74, 6) is 1.08. The number of nitrogens with zero attached hydrogens (tertiary/aromatic N) is 3. The maximum Gasteiger partial charge on any atom is 0.234 e. The molecule has 0 saturated carbocycles. The van der Waals surface area contributed by atoms with Crippen LogP contribution in [0.15, 0.2) is 29.0 Å². The SMILES string of the molecule is CCC(=O)Cc1nc(Cc2ccncc2)no1. The van der Waals surface area contributed by atoms with Crippen LogP contribution in [-0.2, 0) is 17.6 Å². The largest absolute Gasteiger partial charge is 0.339 e. The van der Waals surface area contributed by atoms with Crippen molar-refractivity contribution in [3.63, 3.8) is 0 Å². The second kappa shape index (κ2) is 5.34. The second-order valence-corrected chi connectivity index (χ2v) is 3.71. The van der Waals surface area contributed by atoms with Crippen LogP contribution in [0, 0.1) is 0 Å². The third kappa shape index (κ3) is 3.21. The van der Waals surface area contributed by atoms with Crippen LogP contribution in [0.1, 0.15) is 30.6 Å². The molecule has 0 aliphatic carbocycles. The number of hydrogen-bond donors (Lipinski definition) is 0. The average Bonchev–Trinajstić information content (AvgIpc) is 2.77. The summed E-state index contributed by atoms with van der Waals surface area (Å²) in [5, 5.41) is 3.84. The molecule has 0 unspecified atom stereocenters. The fraction of sp³-hybridized carbons (Fsp3) is 0.333. The van der Waals surface area contributed by atoms with Crippen molar-refractivity contribution in [2.24, 2.45) is 0 Å². The third-order valence-electron chi connectivity index (χ3n) is 2.36. The van der Waals surface area contributed by atoms with Crippen LogP contribution in [0.25, 0.3) is 0 Å².